The molecule has 0 radical (unpaired) electrons. The van der Waals surface area contributed by atoms with Crippen molar-refractivity contribution in [3.8, 4) is 0 Å². The zero-order valence-electron chi connectivity index (χ0n) is 19.9. The van der Waals surface area contributed by atoms with E-state index in [0.717, 1.165) is 17.1 Å². The summed E-state index contributed by atoms with van der Waals surface area (Å²) >= 11 is 0. The summed E-state index contributed by atoms with van der Waals surface area (Å²) in [5, 5.41) is 2.57. The summed E-state index contributed by atoms with van der Waals surface area (Å²) < 4.78 is 12.3. The van der Waals surface area contributed by atoms with Crippen LogP contribution in [0.4, 0.5) is 0 Å². The molecule has 3 atom stereocenters. The van der Waals surface area contributed by atoms with Crippen LogP contribution < -0.4 is 10.4 Å². The normalized spacial score (nSPS) is 24.6. The number of allylic oxidation sites excluding steroid dienone is 7. The molecule has 0 amide bonds. The molecule has 1 aliphatic heterocycles. The SMILES string of the molecule is COC1=C(OCc2ccccc2)C2C(=CC3C=CC4=c5ccccc5=CN(C)C4=C3C2C)C=C1. The van der Waals surface area contributed by atoms with Gasteiger partial charge in [0.2, 0.25) is 0 Å². The monoisotopic (exact) mass is 447 g/mol. The number of ether oxygens (including phenoxy) is 2. The molecule has 0 fully saturated rings. The van der Waals surface area contributed by atoms with E-state index in [1.807, 2.05) is 12.1 Å². The van der Waals surface area contributed by atoms with Crippen LogP contribution in [0.1, 0.15) is 12.5 Å². The standard InChI is InChI=1S/C31H29NO2/c1-20-28-22(13-15-26-25-12-8-7-11-24(25)18-32(2)30(26)28)17-23-14-16-27(33-3)31(29(20)23)34-19-21-9-5-4-6-10-21/h4-18,20,22,29H,19H2,1-3H3. The highest BCUT2D eigenvalue weighted by molar-refractivity contribution is 5.79. The van der Waals surface area contributed by atoms with Crippen LogP contribution in [0.5, 0.6) is 0 Å². The summed E-state index contributed by atoms with van der Waals surface area (Å²) in [4.78, 5) is 2.31. The maximum absolute atomic E-state index is 6.50. The van der Waals surface area contributed by atoms with Crippen LogP contribution in [0.25, 0.3) is 11.8 Å². The highest BCUT2D eigenvalue weighted by atomic mass is 16.5. The molecule has 2 aromatic rings. The number of hydrogen-bond acceptors (Lipinski definition) is 3. The van der Waals surface area contributed by atoms with Crippen molar-refractivity contribution >= 4 is 11.8 Å². The maximum Gasteiger partial charge on any atom is 0.157 e. The number of benzene rings is 2. The van der Waals surface area contributed by atoms with E-state index in [1.54, 1.807) is 7.11 Å². The average molecular weight is 448 g/mol. The van der Waals surface area contributed by atoms with E-state index < -0.39 is 0 Å². The van der Waals surface area contributed by atoms with Crippen molar-refractivity contribution in [2.45, 2.75) is 13.5 Å². The lowest BCUT2D eigenvalue weighted by atomic mass is 9.66. The Morgan fingerprint density at radius 3 is 2.56 bits per heavy atom. The van der Waals surface area contributed by atoms with Gasteiger partial charge in [0.05, 0.1) is 13.0 Å². The number of nitrogens with zero attached hydrogens (tertiary/aromatic N) is 1. The molecule has 3 unspecified atom stereocenters. The van der Waals surface area contributed by atoms with Gasteiger partial charge in [-0.05, 0) is 39.1 Å². The zero-order valence-corrected chi connectivity index (χ0v) is 19.9. The Bertz CT molecular complexity index is 1420. The van der Waals surface area contributed by atoms with Crippen LogP contribution >= 0.6 is 0 Å². The first-order chi connectivity index (χ1) is 16.7. The Labute approximate surface area is 201 Å². The summed E-state index contributed by atoms with van der Waals surface area (Å²) in [6.07, 6.45) is 13.6. The van der Waals surface area contributed by atoms with Gasteiger partial charge < -0.3 is 14.4 Å². The number of hydrogen-bond donors (Lipinski definition) is 0. The fourth-order valence-corrected chi connectivity index (χ4v) is 5.89. The van der Waals surface area contributed by atoms with Crippen LogP contribution in [-0.4, -0.2) is 19.1 Å². The zero-order chi connectivity index (χ0) is 23.2. The molecule has 1 heterocycles. The second kappa shape index (κ2) is 8.25. The van der Waals surface area contributed by atoms with Crippen LogP contribution in [0.2, 0.25) is 0 Å². The van der Waals surface area contributed by atoms with E-state index in [2.05, 4.69) is 97.9 Å². The van der Waals surface area contributed by atoms with E-state index in [0.29, 0.717) is 6.61 Å². The van der Waals surface area contributed by atoms with E-state index in [4.69, 9.17) is 9.47 Å². The van der Waals surface area contributed by atoms with Crippen molar-refractivity contribution in [1.29, 1.82) is 0 Å². The fourth-order valence-electron chi connectivity index (χ4n) is 5.89. The molecule has 3 aliphatic carbocycles. The van der Waals surface area contributed by atoms with Crippen LogP contribution in [0.15, 0.2) is 113 Å². The first kappa shape index (κ1) is 20.9. The average Bonchev–Trinajstić information content (AvgIpc) is 2.87. The Morgan fingerprint density at radius 2 is 1.74 bits per heavy atom. The van der Waals surface area contributed by atoms with E-state index in [9.17, 15) is 0 Å². The lowest BCUT2D eigenvalue weighted by molar-refractivity contribution is 0.133. The number of fused-ring (bicyclic) bond motifs is 4. The molecule has 0 aromatic heterocycles. The largest absolute Gasteiger partial charge is 0.493 e. The number of rotatable bonds is 4. The minimum absolute atomic E-state index is 0.126. The highest BCUT2D eigenvalue weighted by Crippen LogP contribution is 2.49. The molecule has 34 heavy (non-hydrogen) atoms. The Kier molecular flexibility index (Phi) is 5.06. The minimum atomic E-state index is 0.126. The van der Waals surface area contributed by atoms with Crippen LogP contribution in [-0.2, 0) is 16.1 Å². The predicted molar refractivity (Wildman–Crippen MR) is 136 cm³/mol. The lowest BCUT2D eigenvalue weighted by Crippen LogP contribution is -2.40. The smallest absolute Gasteiger partial charge is 0.157 e. The van der Waals surface area contributed by atoms with E-state index in [-0.39, 0.29) is 17.8 Å². The highest BCUT2D eigenvalue weighted by Gasteiger charge is 2.41. The molecule has 170 valence electrons. The van der Waals surface area contributed by atoms with Crippen molar-refractivity contribution in [2.24, 2.45) is 17.8 Å². The molecular formula is C31H29NO2. The molecule has 3 heteroatoms. The van der Waals surface area contributed by atoms with Gasteiger partial charge in [0, 0.05) is 30.4 Å². The van der Waals surface area contributed by atoms with Crippen molar-refractivity contribution in [3.63, 3.8) is 0 Å². The first-order valence-electron chi connectivity index (χ1n) is 12.0. The first-order valence-corrected chi connectivity index (χ1v) is 12.0. The maximum atomic E-state index is 6.50. The fraction of sp³-hybridized carbons (Fsp3) is 0.226. The quantitative estimate of drug-likeness (QED) is 0.672. The third-order valence-corrected chi connectivity index (χ3v) is 7.43. The number of methoxy groups -OCH3 is 1. The predicted octanol–water partition coefficient (Wildman–Crippen LogP) is 4.80. The lowest BCUT2D eigenvalue weighted by Gasteiger charge is -2.42. The molecule has 4 aliphatic rings. The van der Waals surface area contributed by atoms with Crippen molar-refractivity contribution < 1.29 is 9.47 Å². The van der Waals surface area contributed by atoms with E-state index >= 15 is 0 Å². The van der Waals surface area contributed by atoms with Gasteiger partial charge in [0.15, 0.2) is 5.76 Å². The summed E-state index contributed by atoms with van der Waals surface area (Å²) in [6, 6.07) is 19.0. The molecule has 0 bridgehead atoms. The molecule has 6 rings (SSSR count). The second-order valence-electron chi connectivity index (χ2n) is 9.40. The van der Waals surface area contributed by atoms with Gasteiger partial charge in [-0.15, -0.1) is 0 Å². The Hall–Kier alpha value is -3.72. The van der Waals surface area contributed by atoms with Gasteiger partial charge in [0.1, 0.15) is 12.4 Å². The molecule has 2 aromatic carbocycles. The molecule has 0 spiro atoms. The van der Waals surface area contributed by atoms with Crippen molar-refractivity contribution in [2.75, 3.05) is 14.2 Å². The van der Waals surface area contributed by atoms with Crippen LogP contribution in [0.3, 0.4) is 0 Å². The second-order valence-corrected chi connectivity index (χ2v) is 9.40. The van der Waals surface area contributed by atoms with Gasteiger partial charge in [-0.25, -0.2) is 0 Å². The summed E-state index contributed by atoms with van der Waals surface area (Å²) in [7, 11) is 3.90. The van der Waals surface area contributed by atoms with Crippen molar-refractivity contribution in [1.82, 2.24) is 4.90 Å². The minimum Gasteiger partial charge on any atom is -0.493 e. The van der Waals surface area contributed by atoms with Gasteiger partial charge >= 0.3 is 0 Å². The molecule has 0 saturated heterocycles. The summed E-state index contributed by atoms with van der Waals surface area (Å²) in [6.45, 7) is 2.87. The van der Waals surface area contributed by atoms with Crippen LogP contribution in [0, 0.1) is 17.8 Å². The molecule has 0 saturated carbocycles. The van der Waals surface area contributed by atoms with Gasteiger partial charge in [-0.3, -0.25) is 0 Å². The summed E-state index contributed by atoms with van der Waals surface area (Å²) in [5.74, 6) is 2.42. The molecule has 3 nitrogen and oxygen atoms in total. The van der Waals surface area contributed by atoms with Gasteiger partial charge in [-0.2, -0.15) is 0 Å². The van der Waals surface area contributed by atoms with E-state index in [1.165, 1.54) is 32.9 Å². The molecule has 0 N–H and O–H groups in total. The van der Waals surface area contributed by atoms with Gasteiger partial charge in [0.25, 0.3) is 0 Å². The Morgan fingerprint density at radius 1 is 0.941 bits per heavy atom. The third kappa shape index (κ3) is 3.27. The molecular weight excluding hydrogens is 418 g/mol. The third-order valence-electron chi connectivity index (χ3n) is 7.43. The van der Waals surface area contributed by atoms with Gasteiger partial charge in [-0.1, -0.05) is 85.8 Å². The van der Waals surface area contributed by atoms with Crippen molar-refractivity contribution in [3.05, 3.63) is 129 Å². The topological polar surface area (TPSA) is 21.7 Å². The Balaban J connectivity index is 1.46. The summed E-state index contributed by atoms with van der Waals surface area (Å²) in [5.41, 5.74) is 6.55.